The molecule has 0 amide bonds. The van der Waals surface area contributed by atoms with E-state index in [0.717, 1.165) is 11.3 Å². The number of halogens is 1. The maximum atomic E-state index is 12.4. The van der Waals surface area contributed by atoms with Crippen LogP contribution in [0.25, 0.3) is 0 Å². The highest BCUT2D eigenvalue weighted by molar-refractivity contribution is 7.17. The van der Waals surface area contributed by atoms with Crippen LogP contribution in [0.4, 0.5) is 16.5 Å². The Bertz CT molecular complexity index is 859. The summed E-state index contributed by atoms with van der Waals surface area (Å²) >= 11 is 7.15. The van der Waals surface area contributed by atoms with Gasteiger partial charge in [0.05, 0.1) is 11.1 Å². The van der Waals surface area contributed by atoms with Crippen LogP contribution in [0, 0.1) is 6.92 Å². The molecule has 0 spiro atoms. The van der Waals surface area contributed by atoms with E-state index in [0.29, 0.717) is 26.3 Å². The number of nitrogens with one attached hydrogen (secondary N) is 1. The Morgan fingerprint density at radius 1 is 1.22 bits per heavy atom. The standard InChI is InChI=1S/C17H14ClN3OS/c1-10-8-13(19)6-7-14(10)21-17-20-9-15(23-17)16(22)11-2-4-12(18)5-3-11/h2-9H,19H2,1H3,(H,20,21). The monoisotopic (exact) mass is 343 g/mol. The van der Waals surface area contributed by atoms with Crippen molar-refractivity contribution in [3.63, 3.8) is 0 Å². The predicted molar refractivity (Wildman–Crippen MR) is 95.9 cm³/mol. The lowest BCUT2D eigenvalue weighted by atomic mass is 10.1. The van der Waals surface area contributed by atoms with E-state index < -0.39 is 0 Å². The molecule has 3 N–H and O–H groups in total. The number of nitrogens with zero attached hydrogens (tertiary/aromatic N) is 1. The van der Waals surface area contributed by atoms with Crippen molar-refractivity contribution in [2.45, 2.75) is 6.92 Å². The van der Waals surface area contributed by atoms with E-state index in [4.69, 9.17) is 17.3 Å². The Morgan fingerprint density at radius 3 is 2.65 bits per heavy atom. The molecule has 0 aliphatic rings. The third-order valence-corrected chi connectivity index (χ3v) is 4.49. The molecular weight excluding hydrogens is 330 g/mol. The lowest BCUT2D eigenvalue weighted by Gasteiger charge is -2.07. The van der Waals surface area contributed by atoms with Gasteiger partial charge in [-0.25, -0.2) is 4.98 Å². The Morgan fingerprint density at radius 2 is 1.96 bits per heavy atom. The summed E-state index contributed by atoms with van der Waals surface area (Å²) in [5, 5.41) is 4.48. The first-order valence-corrected chi connectivity index (χ1v) is 8.11. The SMILES string of the molecule is Cc1cc(N)ccc1Nc1ncc(C(=O)c2ccc(Cl)cc2)s1. The lowest BCUT2D eigenvalue weighted by Crippen LogP contribution is -1.97. The number of anilines is 3. The average Bonchev–Trinajstić information content (AvgIpc) is 2.99. The van der Waals surface area contributed by atoms with Crippen molar-refractivity contribution < 1.29 is 4.79 Å². The van der Waals surface area contributed by atoms with Gasteiger partial charge in [0, 0.05) is 22.0 Å². The number of ketones is 1. The smallest absolute Gasteiger partial charge is 0.204 e. The number of hydrogen-bond donors (Lipinski definition) is 2. The van der Waals surface area contributed by atoms with Crippen molar-refractivity contribution in [3.8, 4) is 0 Å². The van der Waals surface area contributed by atoms with Crippen molar-refractivity contribution in [1.29, 1.82) is 0 Å². The van der Waals surface area contributed by atoms with Gasteiger partial charge in [0.25, 0.3) is 0 Å². The summed E-state index contributed by atoms with van der Waals surface area (Å²) in [6.45, 7) is 1.96. The molecule has 6 heteroatoms. The molecule has 4 nitrogen and oxygen atoms in total. The lowest BCUT2D eigenvalue weighted by molar-refractivity contribution is 0.104. The van der Waals surface area contributed by atoms with E-state index >= 15 is 0 Å². The number of aryl methyl sites for hydroxylation is 1. The molecule has 0 unspecified atom stereocenters. The zero-order valence-electron chi connectivity index (χ0n) is 12.3. The van der Waals surface area contributed by atoms with Crippen LogP contribution in [0.5, 0.6) is 0 Å². The molecular formula is C17H14ClN3OS. The summed E-state index contributed by atoms with van der Waals surface area (Å²) < 4.78 is 0. The minimum atomic E-state index is -0.0683. The van der Waals surface area contributed by atoms with Crippen LogP contribution in [0.2, 0.25) is 5.02 Å². The highest BCUT2D eigenvalue weighted by Crippen LogP contribution is 2.27. The highest BCUT2D eigenvalue weighted by atomic mass is 35.5. The van der Waals surface area contributed by atoms with E-state index in [2.05, 4.69) is 10.3 Å². The summed E-state index contributed by atoms with van der Waals surface area (Å²) in [7, 11) is 0. The summed E-state index contributed by atoms with van der Waals surface area (Å²) in [5.74, 6) is -0.0683. The molecule has 0 saturated heterocycles. The molecule has 1 heterocycles. The summed E-state index contributed by atoms with van der Waals surface area (Å²) in [4.78, 5) is 17.3. The first-order valence-electron chi connectivity index (χ1n) is 6.92. The maximum Gasteiger partial charge on any atom is 0.204 e. The van der Waals surface area contributed by atoms with Crippen LogP contribution in [0.3, 0.4) is 0 Å². The normalized spacial score (nSPS) is 10.5. The fraction of sp³-hybridized carbons (Fsp3) is 0.0588. The van der Waals surface area contributed by atoms with Gasteiger partial charge in [-0.3, -0.25) is 4.79 Å². The number of thiazole rings is 1. The third-order valence-electron chi connectivity index (χ3n) is 3.33. The van der Waals surface area contributed by atoms with Crippen LogP contribution < -0.4 is 11.1 Å². The highest BCUT2D eigenvalue weighted by Gasteiger charge is 2.13. The largest absolute Gasteiger partial charge is 0.399 e. The number of hydrogen-bond acceptors (Lipinski definition) is 5. The van der Waals surface area contributed by atoms with E-state index in [1.807, 2.05) is 25.1 Å². The molecule has 3 rings (SSSR count). The van der Waals surface area contributed by atoms with Gasteiger partial charge in [-0.15, -0.1) is 0 Å². The van der Waals surface area contributed by atoms with Crippen molar-refractivity contribution in [2.24, 2.45) is 0 Å². The maximum absolute atomic E-state index is 12.4. The van der Waals surface area contributed by atoms with Crippen LogP contribution in [0.15, 0.2) is 48.7 Å². The number of rotatable bonds is 4. The first kappa shape index (κ1) is 15.5. The zero-order chi connectivity index (χ0) is 16.4. The van der Waals surface area contributed by atoms with Crippen molar-refractivity contribution in [1.82, 2.24) is 4.98 Å². The van der Waals surface area contributed by atoms with Gasteiger partial charge in [0.1, 0.15) is 0 Å². The second-order valence-electron chi connectivity index (χ2n) is 5.07. The number of nitrogen functional groups attached to an aromatic ring is 1. The minimum Gasteiger partial charge on any atom is -0.399 e. The second kappa shape index (κ2) is 6.40. The van der Waals surface area contributed by atoms with Gasteiger partial charge in [0.2, 0.25) is 5.78 Å². The molecule has 1 aromatic heterocycles. The van der Waals surface area contributed by atoms with Gasteiger partial charge in [-0.1, -0.05) is 22.9 Å². The van der Waals surface area contributed by atoms with Gasteiger partial charge in [-0.2, -0.15) is 0 Å². The first-order chi connectivity index (χ1) is 11.0. The van der Waals surface area contributed by atoms with Crippen molar-refractivity contribution >= 4 is 45.2 Å². The van der Waals surface area contributed by atoms with Crippen LogP contribution in [-0.4, -0.2) is 10.8 Å². The Balaban J connectivity index is 1.80. The number of carbonyl (C=O) groups excluding carboxylic acids is 1. The minimum absolute atomic E-state index is 0.0683. The fourth-order valence-corrected chi connectivity index (χ4v) is 3.04. The number of carbonyl (C=O) groups is 1. The molecule has 0 atom stereocenters. The molecule has 0 radical (unpaired) electrons. The van der Waals surface area contributed by atoms with Gasteiger partial charge in [-0.05, 0) is 55.0 Å². The Kier molecular flexibility index (Phi) is 4.32. The molecule has 0 aliphatic heterocycles. The van der Waals surface area contributed by atoms with E-state index in [1.165, 1.54) is 11.3 Å². The summed E-state index contributed by atoms with van der Waals surface area (Å²) in [5.41, 5.74) is 8.98. The summed E-state index contributed by atoms with van der Waals surface area (Å²) in [6.07, 6.45) is 1.58. The van der Waals surface area contributed by atoms with Crippen LogP contribution >= 0.6 is 22.9 Å². The molecule has 2 aromatic carbocycles. The van der Waals surface area contributed by atoms with E-state index in [-0.39, 0.29) is 5.78 Å². The van der Waals surface area contributed by atoms with Gasteiger partial charge < -0.3 is 11.1 Å². The molecule has 0 bridgehead atoms. The third kappa shape index (κ3) is 3.52. The number of benzene rings is 2. The van der Waals surface area contributed by atoms with Gasteiger partial charge >= 0.3 is 0 Å². The van der Waals surface area contributed by atoms with E-state index in [9.17, 15) is 4.79 Å². The quantitative estimate of drug-likeness (QED) is 0.534. The zero-order valence-corrected chi connectivity index (χ0v) is 13.9. The van der Waals surface area contributed by atoms with E-state index in [1.54, 1.807) is 30.5 Å². The topological polar surface area (TPSA) is 68.0 Å². The molecule has 0 fully saturated rings. The molecule has 0 saturated carbocycles. The Hall–Kier alpha value is -2.37. The van der Waals surface area contributed by atoms with Crippen LogP contribution in [-0.2, 0) is 0 Å². The van der Waals surface area contributed by atoms with Crippen molar-refractivity contribution in [3.05, 3.63) is 69.7 Å². The fourth-order valence-electron chi connectivity index (χ4n) is 2.12. The molecule has 0 aliphatic carbocycles. The molecule has 23 heavy (non-hydrogen) atoms. The van der Waals surface area contributed by atoms with Crippen LogP contribution in [0.1, 0.15) is 20.8 Å². The van der Waals surface area contributed by atoms with Gasteiger partial charge in [0.15, 0.2) is 5.13 Å². The molecule has 116 valence electrons. The Labute approximate surface area is 142 Å². The number of nitrogens with two attached hydrogens (primary N) is 1. The molecule has 3 aromatic rings. The predicted octanol–water partition coefficient (Wildman–Crippen LogP) is 4.66. The average molecular weight is 344 g/mol. The summed E-state index contributed by atoms with van der Waals surface area (Å²) in [6, 6.07) is 12.4. The second-order valence-corrected chi connectivity index (χ2v) is 6.53. The number of aromatic nitrogens is 1. The van der Waals surface area contributed by atoms with Crippen molar-refractivity contribution in [2.75, 3.05) is 11.1 Å².